The first-order chi connectivity index (χ1) is 14.9. The van der Waals surface area contributed by atoms with E-state index in [9.17, 15) is 14.5 Å². The number of aryl methyl sites for hydroxylation is 1. The molecule has 31 heavy (non-hydrogen) atoms. The van der Waals surface area contributed by atoms with Crippen molar-refractivity contribution < 1.29 is 14.1 Å². The van der Waals surface area contributed by atoms with Crippen LogP contribution in [0.3, 0.4) is 0 Å². The second-order valence-corrected chi connectivity index (χ2v) is 7.45. The van der Waals surface area contributed by atoms with Crippen LogP contribution in [0.5, 0.6) is 11.6 Å². The van der Waals surface area contributed by atoms with Gasteiger partial charge < -0.3 is 14.5 Å². The van der Waals surface area contributed by atoms with E-state index in [1.165, 1.54) is 12.4 Å². The molecule has 2 aromatic carbocycles. The number of hydrogen-bond donors (Lipinski definition) is 0. The van der Waals surface area contributed by atoms with Gasteiger partial charge in [-0.3, -0.25) is 10.1 Å². The average molecular weight is 444 g/mol. The van der Waals surface area contributed by atoms with Crippen LogP contribution in [0.4, 0.5) is 21.6 Å². The fraction of sp³-hybridized carbons (Fsp3) is 0.238. The van der Waals surface area contributed by atoms with E-state index >= 15 is 0 Å². The summed E-state index contributed by atoms with van der Waals surface area (Å²) in [6, 6.07) is 11.5. The van der Waals surface area contributed by atoms with Crippen molar-refractivity contribution in [2.24, 2.45) is 0 Å². The molecular weight excluding hydrogens is 425 g/mol. The predicted molar refractivity (Wildman–Crippen MR) is 116 cm³/mol. The van der Waals surface area contributed by atoms with Gasteiger partial charge in [0.1, 0.15) is 17.9 Å². The molecule has 1 aromatic heterocycles. The molecule has 0 unspecified atom stereocenters. The third-order valence-corrected chi connectivity index (χ3v) is 5.49. The van der Waals surface area contributed by atoms with Gasteiger partial charge in [-0.2, -0.15) is 4.98 Å². The van der Waals surface area contributed by atoms with E-state index in [-0.39, 0.29) is 23.2 Å². The van der Waals surface area contributed by atoms with Gasteiger partial charge in [-0.05, 0) is 42.8 Å². The van der Waals surface area contributed by atoms with Crippen molar-refractivity contribution >= 4 is 28.8 Å². The van der Waals surface area contributed by atoms with Crippen LogP contribution in [0.25, 0.3) is 0 Å². The monoisotopic (exact) mass is 443 g/mol. The number of benzene rings is 2. The number of piperazine rings is 1. The number of nitro groups is 1. The van der Waals surface area contributed by atoms with E-state index in [0.717, 1.165) is 5.56 Å². The molecule has 0 spiro atoms. The summed E-state index contributed by atoms with van der Waals surface area (Å²) in [5, 5.41) is 12.4. The van der Waals surface area contributed by atoms with Gasteiger partial charge in [0.05, 0.1) is 10.6 Å². The Labute approximate surface area is 183 Å². The minimum atomic E-state index is -0.545. The van der Waals surface area contributed by atoms with Gasteiger partial charge in [0.25, 0.3) is 0 Å². The van der Waals surface area contributed by atoms with Crippen molar-refractivity contribution in [3.8, 4) is 11.6 Å². The first-order valence-electron chi connectivity index (χ1n) is 9.62. The molecule has 10 heteroatoms. The molecule has 4 rings (SSSR count). The van der Waals surface area contributed by atoms with Crippen LogP contribution in [-0.4, -0.2) is 41.1 Å². The highest BCUT2D eigenvalue weighted by Gasteiger charge is 2.31. The fourth-order valence-electron chi connectivity index (χ4n) is 3.48. The van der Waals surface area contributed by atoms with Crippen LogP contribution >= 0.6 is 11.6 Å². The number of anilines is 2. The summed E-state index contributed by atoms with van der Waals surface area (Å²) < 4.78 is 19.8. The molecule has 0 aliphatic carbocycles. The lowest BCUT2D eigenvalue weighted by molar-refractivity contribution is -0.385. The Kier molecular flexibility index (Phi) is 5.85. The largest absolute Gasteiger partial charge is 0.434 e. The van der Waals surface area contributed by atoms with E-state index in [1.54, 1.807) is 41.3 Å². The van der Waals surface area contributed by atoms with Gasteiger partial charge in [0, 0.05) is 31.2 Å². The Morgan fingerprint density at radius 2 is 1.81 bits per heavy atom. The fourth-order valence-corrected chi connectivity index (χ4v) is 3.60. The lowest BCUT2D eigenvalue weighted by Crippen LogP contribution is -2.47. The van der Waals surface area contributed by atoms with Gasteiger partial charge in [-0.25, -0.2) is 9.37 Å². The molecule has 160 valence electrons. The Balaban J connectivity index is 1.58. The second-order valence-electron chi connectivity index (χ2n) is 7.05. The molecule has 0 N–H and O–H groups in total. The van der Waals surface area contributed by atoms with Crippen LogP contribution in [0.15, 0.2) is 48.8 Å². The van der Waals surface area contributed by atoms with Crippen molar-refractivity contribution in [2.45, 2.75) is 6.92 Å². The zero-order chi connectivity index (χ0) is 22.0. The molecular formula is C21H19ClFN5O3. The standard InChI is InChI=1S/C21H19ClFN5O3/c1-14-12-15(6-7-16(14)22)31-21-19(28(29)30)20(24-13-25-21)27-10-8-26(9-11-27)18-5-3-2-4-17(18)23/h2-7,12-13H,8-11H2,1H3. The maximum atomic E-state index is 14.1. The molecule has 8 nitrogen and oxygen atoms in total. The van der Waals surface area contributed by atoms with Crippen LogP contribution in [0.1, 0.15) is 5.56 Å². The molecule has 1 aliphatic rings. The molecule has 0 saturated carbocycles. The zero-order valence-electron chi connectivity index (χ0n) is 16.7. The van der Waals surface area contributed by atoms with Gasteiger partial charge >= 0.3 is 11.6 Å². The minimum absolute atomic E-state index is 0.145. The normalized spacial score (nSPS) is 13.9. The van der Waals surface area contributed by atoms with E-state index in [1.807, 2.05) is 11.8 Å². The van der Waals surface area contributed by atoms with Crippen LogP contribution in [0.2, 0.25) is 5.02 Å². The summed E-state index contributed by atoms with van der Waals surface area (Å²) in [6.07, 6.45) is 1.24. The predicted octanol–water partition coefficient (Wildman–Crippen LogP) is 4.60. The number of halogens is 2. The molecule has 0 amide bonds. The Morgan fingerprint density at radius 1 is 1.10 bits per heavy atom. The van der Waals surface area contributed by atoms with Crippen molar-refractivity contribution in [3.63, 3.8) is 0 Å². The molecule has 1 saturated heterocycles. The van der Waals surface area contributed by atoms with E-state index < -0.39 is 4.92 Å². The van der Waals surface area contributed by atoms with Gasteiger partial charge in [0.2, 0.25) is 5.82 Å². The summed E-state index contributed by atoms with van der Waals surface area (Å²) in [6.45, 7) is 3.67. The van der Waals surface area contributed by atoms with Gasteiger partial charge in [-0.1, -0.05) is 23.7 Å². The van der Waals surface area contributed by atoms with Crippen molar-refractivity contribution in [1.82, 2.24) is 9.97 Å². The first kappa shape index (κ1) is 20.8. The number of aromatic nitrogens is 2. The van der Waals surface area contributed by atoms with E-state index in [2.05, 4.69) is 9.97 Å². The van der Waals surface area contributed by atoms with Crippen molar-refractivity contribution in [2.75, 3.05) is 36.0 Å². The quantitative estimate of drug-likeness (QED) is 0.420. The molecule has 3 aromatic rings. The number of rotatable bonds is 5. The summed E-state index contributed by atoms with van der Waals surface area (Å²) >= 11 is 6.03. The van der Waals surface area contributed by atoms with Crippen molar-refractivity contribution in [3.05, 3.63) is 75.3 Å². The lowest BCUT2D eigenvalue weighted by Gasteiger charge is -2.36. The number of ether oxygens (including phenoxy) is 1. The second kappa shape index (κ2) is 8.73. The highest BCUT2D eigenvalue weighted by molar-refractivity contribution is 6.31. The molecule has 1 fully saturated rings. The van der Waals surface area contributed by atoms with Crippen molar-refractivity contribution in [1.29, 1.82) is 0 Å². The maximum absolute atomic E-state index is 14.1. The smallest absolute Gasteiger partial charge is 0.373 e. The van der Waals surface area contributed by atoms with Crippen LogP contribution in [0, 0.1) is 22.9 Å². The number of hydrogen-bond acceptors (Lipinski definition) is 7. The summed E-state index contributed by atoms with van der Waals surface area (Å²) in [7, 11) is 0. The SMILES string of the molecule is Cc1cc(Oc2ncnc(N3CCN(c4ccccc4F)CC3)c2[N+](=O)[O-])ccc1Cl. The Morgan fingerprint density at radius 3 is 2.48 bits per heavy atom. The number of para-hydroxylation sites is 1. The van der Waals surface area contributed by atoms with E-state index in [4.69, 9.17) is 16.3 Å². The molecule has 0 radical (unpaired) electrons. The summed E-state index contributed by atoms with van der Waals surface area (Å²) in [4.78, 5) is 23.2. The van der Waals surface area contributed by atoms with Crippen LogP contribution in [-0.2, 0) is 0 Å². The third kappa shape index (κ3) is 4.36. The molecule has 0 bridgehead atoms. The lowest BCUT2D eigenvalue weighted by atomic mass is 10.2. The van der Waals surface area contributed by atoms with E-state index in [0.29, 0.717) is 42.6 Å². The highest BCUT2D eigenvalue weighted by atomic mass is 35.5. The van der Waals surface area contributed by atoms with Gasteiger partial charge in [-0.15, -0.1) is 0 Å². The third-order valence-electron chi connectivity index (χ3n) is 5.07. The first-order valence-corrected chi connectivity index (χ1v) is 9.99. The topological polar surface area (TPSA) is 84.6 Å². The van der Waals surface area contributed by atoms with Crippen LogP contribution < -0.4 is 14.5 Å². The average Bonchev–Trinajstić information content (AvgIpc) is 2.76. The minimum Gasteiger partial charge on any atom is -0.434 e. The van der Waals surface area contributed by atoms with Gasteiger partial charge in [0.15, 0.2) is 0 Å². The summed E-state index contributed by atoms with van der Waals surface area (Å²) in [5.74, 6) is 0.124. The zero-order valence-corrected chi connectivity index (χ0v) is 17.4. The highest BCUT2D eigenvalue weighted by Crippen LogP contribution is 2.37. The molecule has 0 atom stereocenters. The molecule has 1 aliphatic heterocycles. The summed E-state index contributed by atoms with van der Waals surface area (Å²) in [5.41, 5.74) is 0.983. The number of nitrogens with zero attached hydrogens (tertiary/aromatic N) is 5. The maximum Gasteiger partial charge on any atom is 0.373 e. The Bertz CT molecular complexity index is 1120. The molecule has 2 heterocycles. The Hall–Kier alpha value is -3.46.